The average Bonchev–Trinajstić information content (AvgIpc) is 3.94. The molecule has 13 heteroatoms. The maximum Gasteiger partial charge on any atom is 0.316 e. The lowest BCUT2D eigenvalue weighted by molar-refractivity contribution is -0.144. The normalized spacial score (nSPS) is 28.0. The fourth-order valence-corrected chi connectivity index (χ4v) is 10.5. The number of carbonyl (C=O) groups excluding carboxylic acids is 6. The van der Waals surface area contributed by atoms with Gasteiger partial charge in [0.15, 0.2) is 0 Å². The predicted molar refractivity (Wildman–Crippen MR) is 198 cm³/mol. The standard InChI is InChI=1S/C40H64N6O7/c1-7-12-27(30(47)33(49)41-26-15-16-26)42-32(48)28-23-40(38(5,6)39(40)17-11-18-39)24-46(28)35(51)31(37(2,3)4)44-36(52)43-29(25-13-9-8-10-14-25)34(50)45-19-21-53-22-20-45/h25-29,31H,7-24H2,1-6H3,(H,41,49)(H,42,48)(H2,43,44,52)/t27?,28-,29-,31+,40?/m0/s1. The molecule has 0 bridgehead atoms. The largest absolute Gasteiger partial charge is 0.378 e. The number of ether oxygens (including phenoxy) is 1. The van der Waals surface area contributed by atoms with E-state index in [1.165, 1.54) is 0 Å². The highest BCUT2D eigenvalue weighted by Gasteiger charge is 2.85. The van der Waals surface area contributed by atoms with E-state index < -0.39 is 53.2 Å². The molecule has 296 valence electrons. The molecule has 4 saturated carbocycles. The second-order valence-corrected chi connectivity index (χ2v) is 18.5. The van der Waals surface area contributed by atoms with Gasteiger partial charge in [-0.25, -0.2) is 4.79 Å². The Morgan fingerprint density at radius 2 is 1.49 bits per heavy atom. The Labute approximate surface area is 315 Å². The number of amides is 6. The molecule has 0 aromatic rings. The number of nitrogens with zero attached hydrogens (tertiary/aromatic N) is 2. The lowest BCUT2D eigenvalue weighted by Crippen LogP contribution is -2.62. The van der Waals surface area contributed by atoms with E-state index in [0.717, 1.165) is 64.2 Å². The van der Waals surface area contributed by atoms with Gasteiger partial charge in [0.1, 0.15) is 18.1 Å². The van der Waals surface area contributed by atoms with Crippen molar-refractivity contribution < 1.29 is 33.5 Å². The van der Waals surface area contributed by atoms with Gasteiger partial charge in [-0.05, 0) is 73.5 Å². The van der Waals surface area contributed by atoms with E-state index in [-0.39, 0.29) is 40.0 Å². The van der Waals surface area contributed by atoms with Gasteiger partial charge in [-0.1, -0.05) is 73.6 Å². The molecule has 6 fully saturated rings. The second kappa shape index (κ2) is 15.1. The summed E-state index contributed by atoms with van der Waals surface area (Å²) in [6.07, 6.45) is 11.0. The van der Waals surface area contributed by atoms with Crippen LogP contribution in [0.4, 0.5) is 4.79 Å². The van der Waals surface area contributed by atoms with Crippen molar-refractivity contribution in [1.82, 2.24) is 31.1 Å². The van der Waals surface area contributed by atoms with Gasteiger partial charge in [-0.15, -0.1) is 0 Å². The molecule has 2 unspecified atom stereocenters. The first kappa shape index (κ1) is 39.5. The maximum atomic E-state index is 14.9. The number of ketones is 1. The van der Waals surface area contributed by atoms with Gasteiger partial charge in [-0.2, -0.15) is 0 Å². The third-order valence-electron chi connectivity index (χ3n) is 14.1. The van der Waals surface area contributed by atoms with Gasteiger partial charge >= 0.3 is 6.03 Å². The van der Waals surface area contributed by atoms with Gasteiger partial charge in [0.05, 0.1) is 19.3 Å². The summed E-state index contributed by atoms with van der Waals surface area (Å²) >= 11 is 0. The summed E-state index contributed by atoms with van der Waals surface area (Å²) in [5.41, 5.74) is -1.07. The Hall–Kier alpha value is -3.22. The highest BCUT2D eigenvalue weighted by atomic mass is 16.5. The minimum absolute atomic E-state index is 0.000970. The Morgan fingerprint density at radius 1 is 0.830 bits per heavy atom. The molecular weight excluding hydrogens is 676 g/mol. The monoisotopic (exact) mass is 740 g/mol. The predicted octanol–water partition coefficient (Wildman–Crippen LogP) is 3.44. The summed E-state index contributed by atoms with van der Waals surface area (Å²) < 4.78 is 5.47. The summed E-state index contributed by atoms with van der Waals surface area (Å²) in [5.74, 6) is -2.26. The van der Waals surface area contributed by atoms with Crippen molar-refractivity contribution in [2.24, 2.45) is 27.6 Å². The van der Waals surface area contributed by atoms with E-state index >= 15 is 0 Å². The van der Waals surface area contributed by atoms with Crippen LogP contribution in [0.15, 0.2) is 0 Å². The van der Waals surface area contributed by atoms with Crippen molar-refractivity contribution in [3.63, 3.8) is 0 Å². The Bertz CT molecular complexity index is 1440. The van der Waals surface area contributed by atoms with Gasteiger partial charge in [-0.3, -0.25) is 24.0 Å². The van der Waals surface area contributed by atoms with E-state index in [4.69, 9.17) is 4.74 Å². The molecule has 2 aliphatic heterocycles. The number of carbonyl (C=O) groups is 6. The minimum atomic E-state index is -1.00. The van der Waals surface area contributed by atoms with Crippen molar-refractivity contribution in [2.45, 2.75) is 155 Å². The summed E-state index contributed by atoms with van der Waals surface area (Å²) in [5, 5.41) is 11.7. The molecule has 4 aliphatic carbocycles. The van der Waals surface area contributed by atoms with Gasteiger partial charge in [0.2, 0.25) is 23.5 Å². The summed E-state index contributed by atoms with van der Waals surface area (Å²) in [6.45, 7) is 14.3. The number of rotatable bonds is 12. The molecule has 2 spiro atoms. The van der Waals surface area contributed by atoms with Crippen molar-refractivity contribution in [3.05, 3.63) is 0 Å². The fourth-order valence-electron chi connectivity index (χ4n) is 10.5. The molecule has 0 aromatic carbocycles. The van der Waals surface area contributed by atoms with Crippen molar-refractivity contribution in [3.8, 4) is 0 Å². The molecular formula is C40H64N6O7. The highest BCUT2D eigenvalue weighted by molar-refractivity contribution is 6.38. The number of morpholine rings is 1. The molecule has 6 aliphatic rings. The van der Waals surface area contributed by atoms with E-state index in [1.54, 1.807) is 9.80 Å². The van der Waals surface area contributed by atoms with Crippen molar-refractivity contribution in [1.29, 1.82) is 0 Å². The lowest BCUT2D eigenvalue weighted by Gasteiger charge is -2.38. The zero-order chi connectivity index (χ0) is 38.3. The number of Topliss-reactive ketones (excluding diaryl/α,β-unsaturated/α-hetero) is 1. The molecule has 2 saturated heterocycles. The number of hydrogen-bond donors (Lipinski definition) is 4. The topological polar surface area (TPSA) is 166 Å². The zero-order valence-corrected chi connectivity index (χ0v) is 32.9. The van der Waals surface area contributed by atoms with Crippen LogP contribution in [0.3, 0.4) is 0 Å². The fraction of sp³-hybridized carbons (Fsp3) is 0.850. The van der Waals surface area contributed by atoms with Crippen molar-refractivity contribution in [2.75, 3.05) is 32.8 Å². The maximum absolute atomic E-state index is 14.9. The average molecular weight is 741 g/mol. The first-order chi connectivity index (χ1) is 25.1. The smallest absolute Gasteiger partial charge is 0.316 e. The van der Waals surface area contributed by atoms with Crippen LogP contribution < -0.4 is 21.3 Å². The molecule has 4 N–H and O–H groups in total. The Balaban J connectivity index is 1.23. The quantitative estimate of drug-likeness (QED) is 0.223. The molecule has 0 radical (unpaired) electrons. The van der Waals surface area contributed by atoms with Gasteiger partial charge in [0.25, 0.3) is 5.91 Å². The van der Waals surface area contributed by atoms with Crippen LogP contribution in [0.2, 0.25) is 0 Å². The highest BCUT2D eigenvalue weighted by Crippen LogP contribution is 2.88. The number of hydrogen-bond acceptors (Lipinski definition) is 7. The van der Waals surface area contributed by atoms with Crippen molar-refractivity contribution >= 4 is 35.4 Å². The van der Waals surface area contributed by atoms with E-state index in [2.05, 4.69) is 35.1 Å². The van der Waals surface area contributed by atoms with Crippen LogP contribution in [-0.4, -0.2) is 108 Å². The molecule has 0 aromatic heterocycles. The van der Waals surface area contributed by atoms with Crippen LogP contribution in [0.5, 0.6) is 0 Å². The molecule has 13 nitrogen and oxygen atoms in total. The molecule has 53 heavy (non-hydrogen) atoms. The van der Waals surface area contributed by atoms with Gasteiger partial charge in [0, 0.05) is 31.1 Å². The number of nitrogens with one attached hydrogen (secondary N) is 4. The first-order valence-corrected chi connectivity index (χ1v) is 20.5. The Morgan fingerprint density at radius 3 is 2.04 bits per heavy atom. The van der Waals surface area contributed by atoms with Crippen LogP contribution in [-0.2, 0) is 28.7 Å². The number of urea groups is 1. The van der Waals surface area contributed by atoms with E-state index in [9.17, 15) is 28.8 Å². The minimum Gasteiger partial charge on any atom is -0.378 e. The first-order valence-electron chi connectivity index (χ1n) is 20.5. The zero-order valence-electron chi connectivity index (χ0n) is 32.9. The summed E-state index contributed by atoms with van der Waals surface area (Å²) in [4.78, 5) is 86.6. The molecule has 2 heterocycles. The van der Waals surface area contributed by atoms with Crippen LogP contribution in [0.25, 0.3) is 0 Å². The number of likely N-dealkylation sites (tertiary alicyclic amines) is 1. The second-order valence-electron chi connectivity index (χ2n) is 18.5. The van der Waals surface area contributed by atoms with Gasteiger partial charge < -0.3 is 35.8 Å². The van der Waals surface area contributed by atoms with Crippen LogP contribution in [0, 0.1) is 27.6 Å². The summed E-state index contributed by atoms with van der Waals surface area (Å²) in [6, 6.07) is -4.15. The third-order valence-corrected chi connectivity index (χ3v) is 14.1. The van der Waals surface area contributed by atoms with Crippen LogP contribution in [0.1, 0.15) is 125 Å². The van der Waals surface area contributed by atoms with E-state index in [1.807, 2.05) is 27.7 Å². The summed E-state index contributed by atoms with van der Waals surface area (Å²) in [7, 11) is 0. The van der Waals surface area contributed by atoms with Crippen LogP contribution >= 0.6 is 0 Å². The lowest BCUT2D eigenvalue weighted by atomic mass is 9.73. The third kappa shape index (κ3) is 7.44. The SMILES string of the molecule is CCCC(NC(=O)[C@@H]1CC2(CN1C(=O)[C@@H](NC(=O)N[C@H](C(=O)N1CCOCC1)C1CCCCC1)C(C)(C)C)C(C)(C)C21CCC1)C(=O)C(=O)NC1CC1. The van der Waals surface area contributed by atoms with E-state index in [0.29, 0.717) is 52.1 Å². The Kier molecular flexibility index (Phi) is 11.3. The molecule has 6 amide bonds. The number of fused-ring (bicyclic) bond motifs is 1. The molecule has 5 atom stereocenters. The molecule has 6 rings (SSSR count).